The molecule has 90 valence electrons. The van der Waals surface area contributed by atoms with Crippen LogP contribution in [-0.4, -0.2) is 36.3 Å². The molecule has 0 bridgehead atoms. The van der Waals surface area contributed by atoms with Crippen LogP contribution in [0.15, 0.2) is 17.1 Å². The van der Waals surface area contributed by atoms with Crippen LogP contribution in [0.1, 0.15) is 26.7 Å². The van der Waals surface area contributed by atoms with Gasteiger partial charge in [-0.05, 0) is 32.8 Å². The lowest BCUT2D eigenvalue weighted by Crippen LogP contribution is -2.50. The zero-order chi connectivity index (χ0) is 12.1. The third-order valence-electron chi connectivity index (χ3n) is 3.19. The quantitative estimate of drug-likeness (QED) is 0.564. The summed E-state index contributed by atoms with van der Waals surface area (Å²) in [6, 6.07) is 0.140. The summed E-state index contributed by atoms with van der Waals surface area (Å²) >= 11 is 0. The molecule has 4 nitrogen and oxygen atoms in total. The third kappa shape index (κ3) is 2.62. The standard InChI is InChI=1S/C12H21N3O/c1-4-6-11(14-3)15-8-5-7-10(9(15)2)12(13)16/h4,6,9-10H,5,7-8H2,1-3H3,(H2,13,16)/b6-4-,14-11?. The molecule has 0 spiro atoms. The van der Waals surface area contributed by atoms with E-state index in [9.17, 15) is 4.79 Å². The number of amidine groups is 1. The van der Waals surface area contributed by atoms with Crippen molar-refractivity contribution < 1.29 is 4.79 Å². The van der Waals surface area contributed by atoms with Gasteiger partial charge < -0.3 is 10.6 Å². The molecule has 0 radical (unpaired) electrons. The van der Waals surface area contributed by atoms with E-state index in [-0.39, 0.29) is 17.9 Å². The van der Waals surface area contributed by atoms with Crippen molar-refractivity contribution in [1.82, 2.24) is 4.90 Å². The second-order valence-electron chi connectivity index (χ2n) is 4.17. The Hall–Kier alpha value is -1.32. The lowest BCUT2D eigenvalue weighted by molar-refractivity contribution is -0.124. The van der Waals surface area contributed by atoms with Crippen molar-refractivity contribution in [1.29, 1.82) is 0 Å². The highest BCUT2D eigenvalue weighted by Gasteiger charge is 2.32. The number of amides is 1. The van der Waals surface area contributed by atoms with Crippen molar-refractivity contribution in [2.75, 3.05) is 13.6 Å². The van der Waals surface area contributed by atoms with E-state index in [1.165, 1.54) is 0 Å². The number of carbonyl (C=O) groups excluding carboxylic acids is 1. The van der Waals surface area contributed by atoms with E-state index in [2.05, 4.69) is 9.89 Å². The van der Waals surface area contributed by atoms with Crippen LogP contribution in [0.2, 0.25) is 0 Å². The average Bonchev–Trinajstić information content (AvgIpc) is 2.26. The molecule has 0 aromatic rings. The molecule has 4 heteroatoms. The topological polar surface area (TPSA) is 58.7 Å². The maximum Gasteiger partial charge on any atom is 0.222 e. The number of nitrogens with two attached hydrogens (primary N) is 1. The molecule has 1 heterocycles. The van der Waals surface area contributed by atoms with Crippen molar-refractivity contribution >= 4 is 11.7 Å². The Labute approximate surface area is 97.2 Å². The summed E-state index contributed by atoms with van der Waals surface area (Å²) in [5.74, 6) is 0.671. The molecule has 1 fully saturated rings. The van der Waals surface area contributed by atoms with Crippen molar-refractivity contribution in [2.24, 2.45) is 16.6 Å². The number of nitrogens with zero attached hydrogens (tertiary/aromatic N) is 2. The van der Waals surface area contributed by atoms with Crippen LogP contribution < -0.4 is 5.73 Å². The fourth-order valence-electron chi connectivity index (χ4n) is 2.29. The van der Waals surface area contributed by atoms with E-state index in [1.807, 2.05) is 26.0 Å². The minimum Gasteiger partial charge on any atom is -0.369 e. The largest absolute Gasteiger partial charge is 0.369 e. The van der Waals surface area contributed by atoms with Gasteiger partial charge in [-0.15, -0.1) is 0 Å². The molecule has 1 saturated heterocycles. The average molecular weight is 223 g/mol. The van der Waals surface area contributed by atoms with Crippen molar-refractivity contribution in [3.8, 4) is 0 Å². The smallest absolute Gasteiger partial charge is 0.222 e. The first kappa shape index (κ1) is 12.7. The molecule has 16 heavy (non-hydrogen) atoms. The van der Waals surface area contributed by atoms with Gasteiger partial charge in [0.15, 0.2) is 0 Å². The normalized spacial score (nSPS) is 27.4. The summed E-state index contributed by atoms with van der Waals surface area (Å²) in [5, 5.41) is 0. The number of allylic oxidation sites excluding steroid dienone is 1. The molecular weight excluding hydrogens is 202 g/mol. The number of carbonyl (C=O) groups is 1. The molecule has 1 aliphatic heterocycles. The molecule has 0 aromatic carbocycles. The van der Waals surface area contributed by atoms with E-state index in [0.29, 0.717) is 0 Å². The monoisotopic (exact) mass is 223 g/mol. The third-order valence-corrected chi connectivity index (χ3v) is 3.19. The highest BCUT2D eigenvalue weighted by atomic mass is 16.1. The molecule has 1 rings (SSSR count). The Balaban J connectivity index is 2.84. The molecule has 0 aromatic heterocycles. The van der Waals surface area contributed by atoms with Gasteiger partial charge in [0, 0.05) is 19.6 Å². The predicted molar refractivity (Wildman–Crippen MR) is 66.3 cm³/mol. The summed E-state index contributed by atoms with van der Waals surface area (Å²) in [6.07, 6.45) is 5.82. The summed E-state index contributed by atoms with van der Waals surface area (Å²) in [7, 11) is 1.77. The van der Waals surface area contributed by atoms with Crippen LogP contribution in [0.5, 0.6) is 0 Å². The van der Waals surface area contributed by atoms with Gasteiger partial charge in [0.25, 0.3) is 0 Å². The van der Waals surface area contributed by atoms with Crippen molar-refractivity contribution in [2.45, 2.75) is 32.7 Å². The molecule has 1 aliphatic rings. The van der Waals surface area contributed by atoms with Gasteiger partial charge in [0.05, 0.1) is 5.92 Å². The lowest BCUT2D eigenvalue weighted by Gasteiger charge is -2.39. The van der Waals surface area contributed by atoms with Crippen molar-refractivity contribution in [3.05, 3.63) is 12.2 Å². The maximum absolute atomic E-state index is 11.3. The minimum absolute atomic E-state index is 0.0595. The maximum atomic E-state index is 11.3. The van der Waals surface area contributed by atoms with Gasteiger partial charge in [-0.25, -0.2) is 0 Å². The highest BCUT2D eigenvalue weighted by Crippen LogP contribution is 2.23. The van der Waals surface area contributed by atoms with Gasteiger partial charge in [-0.2, -0.15) is 0 Å². The molecular formula is C12H21N3O. The van der Waals surface area contributed by atoms with Crippen LogP contribution >= 0.6 is 0 Å². The number of likely N-dealkylation sites (tertiary alicyclic amines) is 1. The summed E-state index contributed by atoms with van der Waals surface area (Å²) < 4.78 is 0. The second-order valence-corrected chi connectivity index (χ2v) is 4.17. The SMILES string of the molecule is C/C=C\C(=NC)N1CCCC(C(N)=O)C1C. The number of hydrogen-bond donors (Lipinski definition) is 1. The summed E-state index contributed by atoms with van der Waals surface area (Å²) in [5.41, 5.74) is 5.41. The number of rotatable bonds is 2. The minimum atomic E-state index is -0.201. The van der Waals surface area contributed by atoms with Crippen LogP contribution in [0.4, 0.5) is 0 Å². The Bertz CT molecular complexity index is 309. The Morgan fingerprint density at radius 2 is 2.25 bits per heavy atom. The van der Waals surface area contributed by atoms with E-state index in [4.69, 9.17) is 5.73 Å². The fourth-order valence-corrected chi connectivity index (χ4v) is 2.29. The van der Waals surface area contributed by atoms with Crippen LogP contribution in [-0.2, 0) is 4.79 Å². The van der Waals surface area contributed by atoms with Gasteiger partial charge >= 0.3 is 0 Å². The Morgan fingerprint density at radius 1 is 1.56 bits per heavy atom. The molecule has 2 unspecified atom stereocenters. The molecule has 1 amide bonds. The lowest BCUT2D eigenvalue weighted by atomic mass is 9.89. The summed E-state index contributed by atoms with van der Waals surface area (Å²) in [6.45, 7) is 4.95. The van der Waals surface area contributed by atoms with Gasteiger partial charge in [-0.1, -0.05) is 6.08 Å². The Morgan fingerprint density at radius 3 is 2.75 bits per heavy atom. The zero-order valence-corrected chi connectivity index (χ0v) is 10.3. The predicted octanol–water partition coefficient (Wildman–Crippen LogP) is 1.18. The molecule has 0 saturated carbocycles. The first-order chi connectivity index (χ1) is 7.61. The van der Waals surface area contributed by atoms with Crippen LogP contribution in [0.25, 0.3) is 0 Å². The summed E-state index contributed by atoms with van der Waals surface area (Å²) in [4.78, 5) is 17.7. The van der Waals surface area contributed by atoms with Crippen molar-refractivity contribution in [3.63, 3.8) is 0 Å². The molecule has 2 atom stereocenters. The zero-order valence-electron chi connectivity index (χ0n) is 10.3. The van der Waals surface area contributed by atoms with Gasteiger partial charge in [-0.3, -0.25) is 9.79 Å². The van der Waals surface area contributed by atoms with Crippen LogP contribution in [0.3, 0.4) is 0 Å². The number of piperidine rings is 1. The first-order valence-electron chi connectivity index (χ1n) is 5.77. The van der Waals surface area contributed by atoms with E-state index >= 15 is 0 Å². The molecule has 2 N–H and O–H groups in total. The second kappa shape index (κ2) is 5.68. The van der Waals surface area contributed by atoms with E-state index < -0.39 is 0 Å². The number of aliphatic imine (C=N–C) groups is 1. The molecule has 0 aliphatic carbocycles. The Kier molecular flexibility index (Phi) is 4.52. The van der Waals surface area contributed by atoms with E-state index in [0.717, 1.165) is 25.2 Å². The number of hydrogen-bond acceptors (Lipinski definition) is 2. The highest BCUT2D eigenvalue weighted by molar-refractivity contribution is 5.93. The number of primary amides is 1. The van der Waals surface area contributed by atoms with Crippen LogP contribution in [0, 0.1) is 5.92 Å². The fraction of sp³-hybridized carbons (Fsp3) is 0.667. The van der Waals surface area contributed by atoms with E-state index in [1.54, 1.807) is 7.05 Å². The first-order valence-corrected chi connectivity index (χ1v) is 5.77. The van der Waals surface area contributed by atoms with Gasteiger partial charge in [0.2, 0.25) is 5.91 Å². The van der Waals surface area contributed by atoms with Gasteiger partial charge in [0.1, 0.15) is 5.84 Å².